The van der Waals surface area contributed by atoms with Gasteiger partial charge in [0.15, 0.2) is 0 Å². The Hall–Kier alpha value is -2.99. The Morgan fingerprint density at radius 3 is 2.75 bits per heavy atom. The first-order chi connectivity index (χ1) is 13.7. The molecule has 6 heteroatoms. The average Bonchev–Trinajstić information content (AvgIpc) is 2.74. The fourth-order valence-corrected chi connectivity index (χ4v) is 3.69. The molecule has 1 fully saturated rings. The van der Waals surface area contributed by atoms with Crippen molar-refractivity contribution < 1.29 is 4.79 Å². The average molecular weight is 376 g/mol. The molecule has 144 valence electrons. The lowest BCUT2D eigenvalue weighted by atomic mass is 9.91. The molecule has 1 aliphatic rings. The summed E-state index contributed by atoms with van der Waals surface area (Å²) in [6.45, 7) is 2.51. The van der Waals surface area contributed by atoms with Gasteiger partial charge in [0.2, 0.25) is 0 Å². The largest absolute Gasteiger partial charge is 0.352 e. The molecule has 3 aromatic rings. The van der Waals surface area contributed by atoms with E-state index in [2.05, 4.69) is 32.7 Å². The molecule has 1 aliphatic heterocycles. The fourth-order valence-electron chi connectivity index (χ4n) is 3.69. The maximum Gasteiger partial charge on any atom is 0.258 e. The topological polar surface area (TPSA) is 86.9 Å². The van der Waals surface area contributed by atoms with Crippen molar-refractivity contribution in [2.24, 2.45) is 0 Å². The lowest BCUT2D eigenvalue weighted by molar-refractivity contribution is 0.0954. The highest BCUT2D eigenvalue weighted by Gasteiger charge is 2.15. The number of piperidine rings is 1. The number of nitrogens with zero attached hydrogens (tertiary/aromatic N) is 1. The van der Waals surface area contributed by atoms with E-state index in [0.29, 0.717) is 41.2 Å². The van der Waals surface area contributed by atoms with E-state index in [9.17, 15) is 9.59 Å². The molecule has 1 saturated heterocycles. The van der Waals surface area contributed by atoms with Crippen LogP contribution in [0.3, 0.4) is 0 Å². The fraction of sp³-hybridized carbons (Fsp3) is 0.318. The van der Waals surface area contributed by atoms with Crippen LogP contribution < -0.4 is 16.2 Å². The lowest BCUT2D eigenvalue weighted by Gasteiger charge is -2.23. The van der Waals surface area contributed by atoms with E-state index in [1.807, 2.05) is 30.3 Å². The molecule has 0 aliphatic carbocycles. The number of aromatic amines is 1. The molecule has 2 aromatic carbocycles. The van der Waals surface area contributed by atoms with Gasteiger partial charge in [-0.3, -0.25) is 9.59 Å². The second kappa shape index (κ2) is 8.35. The van der Waals surface area contributed by atoms with Crippen molar-refractivity contribution >= 4 is 16.8 Å². The predicted octanol–water partition coefficient (Wildman–Crippen LogP) is 2.36. The monoisotopic (exact) mass is 376 g/mol. The zero-order valence-electron chi connectivity index (χ0n) is 15.7. The Balaban J connectivity index is 1.35. The highest BCUT2D eigenvalue weighted by molar-refractivity contribution is 5.94. The summed E-state index contributed by atoms with van der Waals surface area (Å²) in [5, 5.41) is 6.89. The van der Waals surface area contributed by atoms with Crippen molar-refractivity contribution in [2.45, 2.75) is 25.2 Å². The molecule has 1 atom stereocenters. The zero-order valence-corrected chi connectivity index (χ0v) is 15.7. The van der Waals surface area contributed by atoms with Gasteiger partial charge < -0.3 is 15.6 Å². The first-order valence-corrected chi connectivity index (χ1v) is 9.77. The Morgan fingerprint density at radius 2 is 1.96 bits per heavy atom. The van der Waals surface area contributed by atoms with Crippen molar-refractivity contribution in [3.05, 3.63) is 75.8 Å². The minimum atomic E-state index is -0.153. The van der Waals surface area contributed by atoms with Crippen molar-refractivity contribution in [1.82, 2.24) is 20.6 Å². The van der Waals surface area contributed by atoms with Gasteiger partial charge in [-0.2, -0.15) is 0 Å². The Kier molecular flexibility index (Phi) is 5.48. The standard InChI is InChI=1S/C22H24N4O2/c27-21(16-9-7-15(8-10-16)17-4-3-12-23-14-17)24-13-11-20-25-19-6-2-1-5-18(19)22(28)26-20/h1-2,5-10,17,23H,3-4,11-14H2,(H,24,27)(H,25,26,28). The number of hydrogen-bond donors (Lipinski definition) is 3. The predicted molar refractivity (Wildman–Crippen MR) is 110 cm³/mol. The number of benzene rings is 2. The first-order valence-electron chi connectivity index (χ1n) is 9.77. The second-order valence-corrected chi connectivity index (χ2v) is 7.20. The highest BCUT2D eigenvalue weighted by atomic mass is 16.1. The number of para-hydroxylation sites is 1. The Bertz CT molecular complexity index is 1020. The van der Waals surface area contributed by atoms with Crippen LogP contribution in [0.1, 0.15) is 40.5 Å². The van der Waals surface area contributed by atoms with Gasteiger partial charge >= 0.3 is 0 Å². The van der Waals surface area contributed by atoms with Gasteiger partial charge in [0.05, 0.1) is 10.9 Å². The molecule has 0 radical (unpaired) electrons. The number of amides is 1. The molecule has 2 heterocycles. The molecule has 0 spiro atoms. The Morgan fingerprint density at radius 1 is 1.14 bits per heavy atom. The number of H-pyrrole nitrogens is 1. The van der Waals surface area contributed by atoms with Crippen LogP contribution in [0.15, 0.2) is 53.3 Å². The van der Waals surface area contributed by atoms with Gasteiger partial charge in [0, 0.05) is 25.1 Å². The molecule has 0 saturated carbocycles. The van der Waals surface area contributed by atoms with Crippen LogP contribution in [0.5, 0.6) is 0 Å². The molecule has 0 bridgehead atoms. The third kappa shape index (κ3) is 4.12. The van der Waals surface area contributed by atoms with E-state index in [1.54, 1.807) is 6.07 Å². The molecule has 1 aromatic heterocycles. The van der Waals surface area contributed by atoms with Gasteiger partial charge in [0.1, 0.15) is 5.82 Å². The van der Waals surface area contributed by atoms with Gasteiger partial charge in [-0.15, -0.1) is 0 Å². The maximum absolute atomic E-state index is 12.4. The van der Waals surface area contributed by atoms with Crippen molar-refractivity contribution in [3.63, 3.8) is 0 Å². The van der Waals surface area contributed by atoms with E-state index in [-0.39, 0.29) is 11.5 Å². The first kappa shape index (κ1) is 18.4. The zero-order chi connectivity index (χ0) is 19.3. The van der Waals surface area contributed by atoms with Crippen LogP contribution in [0.2, 0.25) is 0 Å². The number of rotatable bonds is 5. The lowest BCUT2D eigenvalue weighted by Crippen LogP contribution is -2.28. The number of nitrogens with one attached hydrogen (secondary N) is 3. The summed E-state index contributed by atoms with van der Waals surface area (Å²) in [7, 11) is 0. The maximum atomic E-state index is 12.4. The van der Waals surface area contributed by atoms with E-state index in [0.717, 1.165) is 13.1 Å². The molecular formula is C22H24N4O2. The molecular weight excluding hydrogens is 352 g/mol. The SMILES string of the molecule is O=C(NCCc1nc2ccccc2c(=O)[nH]1)c1ccc(C2CCCNC2)cc1. The summed E-state index contributed by atoms with van der Waals surface area (Å²) in [5.74, 6) is 0.988. The number of fused-ring (bicyclic) bond motifs is 1. The minimum Gasteiger partial charge on any atom is -0.352 e. The van der Waals surface area contributed by atoms with Crippen LogP contribution in [-0.4, -0.2) is 35.5 Å². The highest BCUT2D eigenvalue weighted by Crippen LogP contribution is 2.23. The summed E-state index contributed by atoms with van der Waals surface area (Å²) >= 11 is 0. The van der Waals surface area contributed by atoms with Crippen molar-refractivity contribution in [2.75, 3.05) is 19.6 Å². The summed E-state index contributed by atoms with van der Waals surface area (Å²) in [5.41, 5.74) is 2.44. The van der Waals surface area contributed by atoms with Gasteiger partial charge in [0.25, 0.3) is 11.5 Å². The number of hydrogen-bond acceptors (Lipinski definition) is 4. The quantitative estimate of drug-likeness (QED) is 0.638. The van der Waals surface area contributed by atoms with E-state index in [4.69, 9.17) is 0 Å². The van der Waals surface area contributed by atoms with Gasteiger partial charge in [-0.1, -0.05) is 24.3 Å². The molecule has 4 rings (SSSR count). The van der Waals surface area contributed by atoms with Crippen LogP contribution in [0.4, 0.5) is 0 Å². The van der Waals surface area contributed by atoms with Crippen molar-refractivity contribution in [1.29, 1.82) is 0 Å². The third-order valence-corrected chi connectivity index (χ3v) is 5.25. The molecule has 28 heavy (non-hydrogen) atoms. The van der Waals surface area contributed by atoms with Crippen molar-refractivity contribution in [3.8, 4) is 0 Å². The van der Waals surface area contributed by atoms with Crippen LogP contribution in [0, 0.1) is 0 Å². The van der Waals surface area contributed by atoms with E-state index >= 15 is 0 Å². The number of carbonyl (C=O) groups is 1. The molecule has 6 nitrogen and oxygen atoms in total. The van der Waals surface area contributed by atoms with Gasteiger partial charge in [-0.25, -0.2) is 4.98 Å². The molecule has 3 N–H and O–H groups in total. The smallest absolute Gasteiger partial charge is 0.258 e. The summed E-state index contributed by atoms with van der Waals surface area (Å²) in [6, 6.07) is 15.1. The number of aromatic nitrogens is 2. The minimum absolute atomic E-state index is 0.114. The van der Waals surface area contributed by atoms with Crippen LogP contribution >= 0.6 is 0 Å². The van der Waals surface area contributed by atoms with E-state index in [1.165, 1.54) is 18.4 Å². The van der Waals surface area contributed by atoms with Crippen LogP contribution in [-0.2, 0) is 6.42 Å². The molecule has 1 amide bonds. The second-order valence-electron chi connectivity index (χ2n) is 7.20. The normalized spacial score (nSPS) is 16.8. The van der Waals surface area contributed by atoms with Crippen LogP contribution in [0.25, 0.3) is 10.9 Å². The summed E-state index contributed by atoms with van der Waals surface area (Å²) in [6.07, 6.45) is 2.85. The summed E-state index contributed by atoms with van der Waals surface area (Å²) in [4.78, 5) is 31.7. The third-order valence-electron chi connectivity index (χ3n) is 5.25. The summed E-state index contributed by atoms with van der Waals surface area (Å²) < 4.78 is 0. The van der Waals surface area contributed by atoms with Gasteiger partial charge in [-0.05, 0) is 55.1 Å². The number of carbonyl (C=O) groups excluding carboxylic acids is 1. The van der Waals surface area contributed by atoms with E-state index < -0.39 is 0 Å². The Labute approximate surface area is 163 Å². The molecule has 1 unspecified atom stereocenters.